The van der Waals surface area contributed by atoms with E-state index in [9.17, 15) is 0 Å². The average Bonchev–Trinajstić information content (AvgIpc) is 2.40. The van der Waals surface area contributed by atoms with Crippen LogP contribution in [0.25, 0.3) is 0 Å². The molecule has 0 aromatic carbocycles. The first-order valence-corrected chi connectivity index (χ1v) is 8.72. The summed E-state index contributed by atoms with van der Waals surface area (Å²) in [6, 6.07) is 0.941. The number of nitrogens with two attached hydrogens (primary N) is 1. The number of likely N-dealkylation sites (N-methyl/N-ethyl adjacent to an activating group) is 2. The van der Waals surface area contributed by atoms with Gasteiger partial charge in [-0.3, -0.25) is 0 Å². The molecule has 0 bridgehead atoms. The molecule has 0 amide bonds. The zero-order valence-corrected chi connectivity index (χ0v) is 14.1. The normalized spacial score (nSPS) is 27.3. The van der Waals surface area contributed by atoms with Gasteiger partial charge in [0.1, 0.15) is 0 Å². The maximum atomic E-state index is 6.51. The van der Waals surface area contributed by atoms with E-state index in [0.717, 1.165) is 13.1 Å². The molecule has 2 unspecified atom stereocenters. The predicted octanol–water partition coefficient (Wildman–Crippen LogP) is 3.09. The van der Waals surface area contributed by atoms with Gasteiger partial charge in [-0.05, 0) is 34.0 Å². The Morgan fingerprint density at radius 2 is 1.25 bits per heavy atom. The van der Waals surface area contributed by atoms with Crippen molar-refractivity contribution < 1.29 is 0 Å². The molecule has 0 saturated heterocycles. The van der Waals surface area contributed by atoms with Crippen LogP contribution in [0.15, 0.2) is 0 Å². The van der Waals surface area contributed by atoms with E-state index >= 15 is 0 Å². The van der Waals surface area contributed by atoms with Gasteiger partial charge in [0.15, 0.2) is 0 Å². The van der Waals surface area contributed by atoms with Gasteiger partial charge in [-0.15, -0.1) is 0 Å². The third kappa shape index (κ3) is 7.61. The molecule has 1 aliphatic carbocycles. The van der Waals surface area contributed by atoms with Gasteiger partial charge in [-0.1, -0.05) is 51.4 Å². The van der Waals surface area contributed by atoms with Crippen LogP contribution >= 0.6 is 0 Å². The zero-order valence-electron chi connectivity index (χ0n) is 14.1. The minimum absolute atomic E-state index is 0.363. The zero-order chi connectivity index (χ0) is 14.8. The monoisotopic (exact) mass is 283 g/mol. The van der Waals surface area contributed by atoms with Gasteiger partial charge < -0.3 is 15.5 Å². The third-order valence-corrected chi connectivity index (χ3v) is 4.75. The smallest absolute Gasteiger partial charge is 0.0244 e. The second-order valence-corrected chi connectivity index (χ2v) is 6.92. The lowest BCUT2D eigenvalue weighted by atomic mass is 9.93. The van der Waals surface area contributed by atoms with Gasteiger partial charge in [0.05, 0.1) is 0 Å². The van der Waals surface area contributed by atoms with Crippen molar-refractivity contribution in [3.63, 3.8) is 0 Å². The Hall–Kier alpha value is -0.120. The molecule has 0 aromatic rings. The van der Waals surface area contributed by atoms with Crippen molar-refractivity contribution in [1.29, 1.82) is 0 Å². The van der Waals surface area contributed by atoms with Crippen molar-refractivity contribution in [3.05, 3.63) is 0 Å². The summed E-state index contributed by atoms with van der Waals surface area (Å²) in [7, 11) is 6.56. The van der Waals surface area contributed by atoms with E-state index in [1.165, 1.54) is 64.2 Å². The molecular formula is C17H37N3. The lowest BCUT2D eigenvalue weighted by molar-refractivity contribution is 0.173. The molecule has 0 heterocycles. The van der Waals surface area contributed by atoms with Crippen molar-refractivity contribution in [2.45, 2.75) is 76.3 Å². The SMILES string of the molecule is CN(C)CCN(C)C1CCCCCCCCCCC1N. The molecular weight excluding hydrogens is 246 g/mol. The van der Waals surface area contributed by atoms with Crippen molar-refractivity contribution in [1.82, 2.24) is 9.80 Å². The lowest BCUT2D eigenvalue weighted by Crippen LogP contribution is -2.47. The lowest BCUT2D eigenvalue weighted by Gasteiger charge is -2.34. The van der Waals surface area contributed by atoms with Gasteiger partial charge in [0.25, 0.3) is 0 Å². The molecule has 2 N–H and O–H groups in total. The van der Waals surface area contributed by atoms with Crippen molar-refractivity contribution in [2.24, 2.45) is 5.73 Å². The van der Waals surface area contributed by atoms with E-state index < -0.39 is 0 Å². The molecule has 120 valence electrons. The van der Waals surface area contributed by atoms with E-state index in [-0.39, 0.29) is 0 Å². The molecule has 1 rings (SSSR count). The summed E-state index contributed by atoms with van der Waals surface area (Å²) in [5.41, 5.74) is 6.51. The molecule has 1 fully saturated rings. The summed E-state index contributed by atoms with van der Waals surface area (Å²) in [6.07, 6.45) is 13.6. The van der Waals surface area contributed by atoms with Crippen LogP contribution in [0.1, 0.15) is 64.2 Å². The molecule has 0 spiro atoms. The number of hydrogen-bond acceptors (Lipinski definition) is 3. The Bertz CT molecular complexity index is 230. The van der Waals surface area contributed by atoms with Crippen LogP contribution in [0.3, 0.4) is 0 Å². The quantitative estimate of drug-likeness (QED) is 0.860. The van der Waals surface area contributed by atoms with Gasteiger partial charge in [0.2, 0.25) is 0 Å². The van der Waals surface area contributed by atoms with Gasteiger partial charge >= 0.3 is 0 Å². The van der Waals surface area contributed by atoms with E-state index in [1.54, 1.807) is 0 Å². The summed E-state index contributed by atoms with van der Waals surface area (Å²) < 4.78 is 0. The minimum atomic E-state index is 0.363. The topological polar surface area (TPSA) is 32.5 Å². The summed E-state index contributed by atoms with van der Waals surface area (Å²) in [6.45, 7) is 2.26. The van der Waals surface area contributed by atoms with Crippen LogP contribution in [0.5, 0.6) is 0 Å². The van der Waals surface area contributed by atoms with Gasteiger partial charge in [-0.2, -0.15) is 0 Å². The standard InChI is InChI=1S/C17H37N3/c1-19(2)14-15-20(3)17-13-11-9-7-5-4-6-8-10-12-16(17)18/h16-17H,4-15,18H2,1-3H3. The minimum Gasteiger partial charge on any atom is -0.326 e. The fourth-order valence-electron chi connectivity index (χ4n) is 3.27. The predicted molar refractivity (Wildman–Crippen MR) is 89.1 cm³/mol. The Kier molecular flexibility index (Phi) is 9.49. The molecule has 0 radical (unpaired) electrons. The highest BCUT2D eigenvalue weighted by Crippen LogP contribution is 2.19. The summed E-state index contributed by atoms with van der Waals surface area (Å²) >= 11 is 0. The highest BCUT2D eigenvalue weighted by molar-refractivity contribution is 4.81. The summed E-state index contributed by atoms with van der Waals surface area (Å²) in [5, 5.41) is 0. The number of nitrogens with zero attached hydrogens (tertiary/aromatic N) is 2. The van der Waals surface area contributed by atoms with E-state index in [0.29, 0.717) is 12.1 Å². The largest absolute Gasteiger partial charge is 0.326 e. The van der Waals surface area contributed by atoms with E-state index in [1.807, 2.05) is 0 Å². The molecule has 0 aromatic heterocycles. The Balaban J connectivity index is 2.46. The van der Waals surface area contributed by atoms with E-state index in [4.69, 9.17) is 5.73 Å². The van der Waals surface area contributed by atoms with Gasteiger partial charge in [0, 0.05) is 25.2 Å². The maximum absolute atomic E-state index is 6.51. The maximum Gasteiger partial charge on any atom is 0.0244 e. The van der Waals surface area contributed by atoms with Crippen LogP contribution in [0, 0.1) is 0 Å². The number of hydrogen-bond donors (Lipinski definition) is 1. The van der Waals surface area contributed by atoms with E-state index in [2.05, 4.69) is 30.9 Å². The summed E-state index contributed by atoms with van der Waals surface area (Å²) in [4.78, 5) is 4.77. The fraction of sp³-hybridized carbons (Fsp3) is 1.00. The molecule has 3 heteroatoms. The molecule has 2 atom stereocenters. The Morgan fingerprint density at radius 1 is 0.750 bits per heavy atom. The van der Waals surface area contributed by atoms with Crippen molar-refractivity contribution in [3.8, 4) is 0 Å². The molecule has 3 nitrogen and oxygen atoms in total. The second kappa shape index (κ2) is 10.6. The highest BCUT2D eigenvalue weighted by atomic mass is 15.2. The Labute approximate surface area is 126 Å². The van der Waals surface area contributed by atoms with Crippen LogP contribution < -0.4 is 5.73 Å². The molecule has 1 aliphatic rings. The average molecular weight is 284 g/mol. The molecule has 0 aliphatic heterocycles. The molecule has 1 saturated carbocycles. The Morgan fingerprint density at radius 3 is 1.80 bits per heavy atom. The first-order valence-electron chi connectivity index (χ1n) is 8.72. The number of rotatable bonds is 4. The van der Waals surface area contributed by atoms with Gasteiger partial charge in [-0.25, -0.2) is 0 Å². The van der Waals surface area contributed by atoms with Crippen LogP contribution in [0.2, 0.25) is 0 Å². The summed E-state index contributed by atoms with van der Waals surface area (Å²) in [5.74, 6) is 0. The van der Waals surface area contributed by atoms with Crippen molar-refractivity contribution >= 4 is 0 Å². The third-order valence-electron chi connectivity index (χ3n) is 4.75. The van der Waals surface area contributed by atoms with Crippen LogP contribution in [-0.4, -0.2) is 56.1 Å². The second-order valence-electron chi connectivity index (χ2n) is 6.92. The molecule has 20 heavy (non-hydrogen) atoms. The first-order chi connectivity index (χ1) is 9.61. The fourth-order valence-corrected chi connectivity index (χ4v) is 3.27. The van der Waals surface area contributed by atoms with Crippen LogP contribution in [0.4, 0.5) is 0 Å². The van der Waals surface area contributed by atoms with Crippen molar-refractivity contribution in [2.75, 3.05) is 34.2 Å². The first kappa shape index (κ1) is 17.9. The highest BCUT2D eigenvalue weighted by Gasteiger charge is 2.21. The van der Waals surface area contributed by atoms with Crippen LogP contribution in [-0.2, 0) is 0 Å².